The van der Waals surface area contributed by atoms with Crippen molar-refractivity contribution in [3.8, 4) is 17.2 Å². The maximum absolute atomic E-state index is 10.5. The first-order chi connectivity index (χ1) is 11.2. The first kappa shape index (κ1) is 16.4. The zero-order valence-electron chi connectivity index (χ0n) is 12.8. The Hall–Kier alpha value is -2.95. The van der Waals surface area contributed by atoms with Crippen LogP contribution in [0.1, 0.15) is 5.56 Å². The highest BCUT2D eigenvalue weighted by molar-refractivity contribution is 5.85. The molecule has 0 unspecified atom stereocenters. The molecule has 2 aromatic carbocycles. The molecule has 0 fully saturated rings. The number of carboxylic acids is 1. The fourth-order valence-corrected chi connectivity index (χ4v) is 1.92. The minimum Gasteiger partial charge on any atom is -0.493 e. The number of carbonyl (C=O) groups is 1. The maximum atomic E-state index is 10.5. The smallest absolute Gasteiger partial charge is 0.328 e. The van der Waals surface area contributed by atoms with Crippen LogP contribution in [0.4, 0.5) is 0 Å². The topological polar surface area (TPSA) is 65.0 Å². The quantitative estimate of drug-likeness (QED) is 0.598. The summed E-state index contributed by atoms with van der Waals surface area (Å²) < 4.78 is 16.4. The Kier molecular flexibility index (Phi) is 6.06. The lowest BCUT2D eigenvalue weighted by Crippen LogP contribution is -2.09. The van der Waals surface area contributed by atoms with E-state index in [1.807, 2.05) is 24.3 Å². The van der Waals surface area contributed by atoms with Gasteiger partial charge in [0.1, 0.15) is 19.0 Å². The highest BCUT2D eigenvalue weighted by Gasteiger charge is 2.02. The Morgan fingerprint density at radius 1 is 1.04 bits per heavy atom. The first-order valence-electron chi connectivity index (χ1n) is 7.09. The van der Waals surface area contributed by atoms with Gasteiger partial charge in [0.2, 0.25) is 0 Å². The summed E-state index contributed by atoms with van der Waals surface area (Å²) in [5, 5.41) is 8.62. The number of ether oxygens (including phenoxy) is 3. The number of methoxy groups -OCH3 is 1. The maximum Gasteiger partial charge on any atom is 0.328 e. The highest BCUT2D eigenvalue weighted by atomic mass is 16.5. The van der Waals surface area contributed by atoms with Crippen LogP contribution < -0.4 is 14.2 Å². The molecule has 5 nitrogen and oxygen atoms in total. The third-order valence-electron chi connectivity index (χ3n) is 2.96. The molecule has 0 radical (unpaired) electrons. The van der Waals surface area contributed by atoms with Crippen LogP contribution in [0.5, 0.6) is 17.2 Å². The van der Waals surface area contributed by atoms with Crippen molar-refractivity contribution in [2.24, 2.45) is 0 Å². The number of para-hydroxylation sites is 2. The van der Waals surface area contributed by atoms with Gasteiger partial charge in [-0.1, -0.05) is 24.3 Å². The summed E-state index contributed by atoms with van der Waals surface area (Å²) >= 11 is 0. The molecule has 0 aromatic heterocycles. The molecule has 0 spiro atoms. The summed E-state index contributed by atoms with van der Waals surface area (Å²) in [5.41, 5.74) is 0.760. The monoisotopic (exact) mass is 314 g/mol. The van der Waals surface area contributed by atoms with Crippen LogP contribution in [0.25, 0.3) is 6.08 Å². The van der Waals surface area contributed by atoms with Crippen molar-refractivity contribution in [3.05, 3.63) is 60.2 Å². The number of hydrogen-bond donors (Lipinski definition) is 1. The van der Waals surface area contributed by atoms with Gasteiger partial charge in [0.15, 0.2) is 11.5 Å². The van der Waals surface area contributed by atoms with E-state index in [0.717, 1.165) is 11.6 Å². The Labute approximate surface area is 134 Å². The van der Waals surface area contributed by atoms with Gasteiger partial charge >= 0.3 is 5.97 Å². The van der Waals surface area contributed by atoms with Crippen molar-refractivity contribution < 1.29 is 24.1 Å². The Morgan fingerprint density at radius 2 is 1.78 bits per heavy atom. The summed E-state index contributed by atoms with van der Waals surface area (Å²) in [6.45, 7) is 0.736. The Balaban J connectivity index is 1.84. The van der Waals surface area contributed by atoms with Crippen LogP contribution >= 0.6 is 0 Å². The van der Waals surface area contributed by atoms with Crippen molar-refractivity contribution >= 4 is 12.0 Å². The molecule has 0 saturated heterocycles. The fourth-order valence-electron chi connectivity index (χ4n) is 1.92. The molecular formula is C18H18O5. The van der Waals surface area contributed by atoms with Crippen LogP contribution in [0, 0.1) is 0 Å². The summed E-state index contributed by atoms with van der Waals surface area (Å²) in [6.07, 6.45) is 2.60. The second-order valence-electron chi connectivity index (χ2n) is 4.59. The van der Waals surface area contributed by atoms with Gasteiger partial charge in [-0.05, 0) is 35.9 Å². The zero-order chi connectivity index (χ0) is 16.5. The molecule has 0 aliphatic carbocycles. The van der Waals surface area contributed by atoms with Crippen molar-refractivity contribution in [2.75, 3.05) is 20.3 Å². The number of benzene rings is 2. The molecule has 2 rings (SSSR count). The molecular weight excluding hydrogens is 296 g/mol. The molecule has 0 aliphatic rings. The normalized spacial score (nSPS) is 10.5. The van der Waals surface area contributed by atoms with Crippen molar-refractivity contribution in [1.29, 1.82) is 0 Å². The number of rotatable bonds is 8. The predicted molar refractivity (Wildman–Crippen MR) is 87.1 cm³/mol. The fraction of sp³-hybridized carbons (Fsp3) is 0.167. The second kappa shape index (κ2) is 8.48. The average molecular weight is 314 g/mol. The van der Waals surface area contributed by atoms with E-state index in [4.69, 9.17) is 19.3 Å². The molecule has 120 valence electrons. The lowest BCUT2D eigenvalue weighted by Gasteiger charge is -2.11. The summed E-state index contributed by atoms with van der Waals surface area (Å²) in [5.74, 6) is 1.01. The van der Waals surface area contributed by atoms with Crippen molar-refractivity contribution in [2.45, 2.75) is 0 Å². The van der Waals surface area contributed by atoms with E-state index in [1.165, 1.54) is 6.08 Å². The zero-order valence-corrected chi connectivity index (χ0v) is 12.8. The Bertz CT molecular complexity index is 679. The lowest BCUT2D eigenvalue weighted by molar-refractivity contribution is -0.131. The van der Waals surface area contributed by atoms with E-state index in [-0.39, 0.29) is 0 Å². The lowest BCUT2D eigenvalue weighted by atomic mass is 10.2. The molecule has 23 heavy (non-hydrogen) atoms. The first-order valence-corrected chi connectivity index (χ1v) is 7.09. The molecule has 0 saturated carbocycles. The SMILES string of the molecule is COc1ccccc1OCCOc1cccc(C=CC(=O)O)c1. The van der Waals surface area contributed by atoms with E-state index < -0.39 is 5.97 Å². The van der Waals surface area contributed by atoms with Gasteiger partial charge in [0.25, 0.3) is 0 Å². The minimum atomic E-state index is -0.985. The minimum absolute atomic E-state index is 0.365. The van der Waals surface area contributed by atoms with Crippen molar-refractivity contribution in [3.63, 3.8) is 0 Å². The Morgan fingerprint density at radius 3 is 2.52 bits per heavy atom. The van der Waals surface area contributed by atoms with Crippen LogP contribution in [-0.2, 0) is 4.79 Å². The third-order valence-corrected chi connectivity index (χ3v) is 2.96. The largest absolute Gasteiger partial charge is 0.493 e. The summed E-state index contributed by atoms with van der Waals surface area (Å²) in [7, 11) is 1.59. The molecule has 0 atom stereocenters. The average Bonchev–Trinajstić information content (AvgIpc) is 2.57. The molecule has 0 heterocycles. The molecule has 1 N–H and O–H groups in total. The van der Waals surface area contributed by atoms with Gasteiger partial charge in [-0.3, -0.25) is 0 Å². The van der Waals surface area contributed by atoms with Crippen LogP contribution in [0.2, 0.25) is 0 Å². The highest BCUT2D eigenvalue weighted by Crippen LogP contribution is 2.25. The van der Waals surface area contributed by atoms with Crippen LogP contribution in [-0.4, -0.2) is 31.4 Å². The van der Waals surface area contributed by atoms with Gasteiger partial charge in [-0.2, -0.15) is 0 Å². The predicted octanol–water partition coefficient (Wildman–Crippen LogP) is 3.25. The van der Waals surface area contributed by atoms with Crippen molar-refractivity contribution in [1.82, 2.24) is 0 Å². The van der Waals surface area contributed by atoms with E-state index in [1.54, 1.807) is 31.4 Å². The number of aliphatic carboxylic acids is 1. The van der Waals surface area contributed by atoms with Gasteiger partial charge in [-0.25, -0.2) is 4.79 Å². The third kappa shape index (κ3) is 5.39. The van der Waals surface area contributed by atoms with E-state index in [0.29, 0.717) is 30.5 Å². The molecule has 5 heteroatoms. The number of hydrogen-bond acceptors (Lipinski definition) is 4. The van der Waals surface area contributed by atoms with E-state index in [2.05, 4.69) is 0 Å². The summed E-state index contributed by atoms with van der Waals surface area (Å²) in [4.78, 5) is 10.5. The molecule has 0 aliphatic heterocycles. The second-order valence-corrected chi connectivity index (χ2v) is 4.59. The van der Waals surface area contributed by atoms with Gasteiger partial charge in [0.05, 0.1) is 7.11 Å². The van der Waals surface area contributed by atoms with Gasteiger partial charge in [0, 0.05) is 6.08 Å². The van der Waals surface area contributed by atoms with Crippen LogP contribution in [0.3, 0.4) is 0 Å². The van der Waals surface area contributed by atoms with E-state index in [9.17, 15) is 4.79 Å². The van der Waals surface area contributed by atoms with Gasteiger partial charge in [-0.15, -0.1) is 0 Å². The van der Waals surface area contributed by atoms with Gasteiger partial charge < -0.3 is 19.3 Å². The standard InChI is InChI=1S/C18H18O5/c1-21-16-7-2-3-8-17(16)23-12-11-22-15-6-4-5-14(13-15)9-10-18(19)20/h2-10,13H,11-12H2,1H3,(H,19,20). The van der Waals surface area contributed by atoms with Crippen LogP contribution in [0.15, 0.2) is 54.6 Å². The van der Waals surface area contributed by atoms with E-state index >= 15 is 0 Å². The molecule has 0 bridgehead atoms. The molecule has 0 amide bonds. The summed E-state index contributed by atoms with van der Waals surface area (Å²) in [6, 6.07) is 14.6. The number of carboxylic acid groups (broad SMARTS) is 1. The molecule has 2 aromatic rings.